The normalized spacial score (nSPS) is 19.5. The van der Waals surface area contributed by atoms with E-state index in [1.54, 1.807) is 11.3 Å². The van der Waals surface area contributed by atoms with Crippen molar-refractivity contribution in [2.24, 2.45) is 4.99 Å². The molecule has 0 radical (unpaired) electrons. The lowest BCUT2D eigenvalue weighted by Crippen LogP contribution is -2.26. The third-order valence-corrected chi connectivity index (χ3v) is 4.17. The Labute approximate surface area is 94.7 Å². The second-order valence-corrected chi connectivity index (χ2v) is 4.96. The highest BCUT2D eigenvalue weighted by Gasteiger charge is 2.18. The molecule has 1 fully saturated rings. The fourth-order valence-electron chi connectivity index (χ4n) is 1.82. The summed E-state index contributed by atoms with van der Waals surface area (Å²) in [6, 6.07) is 0. The SMILES string of the molecule is CN=C(C)c1cnc(C2CCNCC2)s1. The molecule has 4 heteroatoms. The summed E-state index contributed by atoms with van der Waals surface area (Å²) in [7, 11) is 1.83. The zero-order valence-corrected chi connectivity index (χ0v) is 10.1. The van der Waals surface area contributed by atoms with Crippen LogP contribution in [-0.4, -0.2) is 30.8 Å². The van der Waals surface area contributed by atoms with Crippen molar-refractivity contribution in [2.45, 2.75) is 25.7 Å². The molecule has 1 aliphatic rings. The fraction of sp³-hybridized carbons (Fsp3) is 0.636. The Morgan fingerprint density at radius 1 is 1.53 bits per heavy atom. The zero-order valence-electron chi connectivity index (χ0n) is 9.29. The number of rotatable bonds is 2. The topological polar surface area (TPSA) is 37.3 Å². The van der Waals surface area contributed by atoms with Gasteiger partial charge in [0.2, 0.25) is 0 Å². The lowest BCUT2D eigenvalue weighted by atomic mass is 9.99. The molecule has 1 aromatic rings. The van der Waals surface area contributed by atoms with Crippen molar-refractivity contribution in [3.8, 4) is 0 Å². The largest absolute Gasteiger partial charge is 0.317 e. The predicted molar refractivity (Wildman–Crippen MR) is 65.1 cm³/mol. The summed E-state index contributed by atoms with van der Waals surface area (Å²) in [6.45, 7) is 4.29. The minimum absolute atomic E-state index is 0.662. The van der Waals surface area contributed by atoms with Crippen LogP contribution in [0.5, 0.6) is 0 Å². The van der Waals surface area contributed by atoms with Gasteiger partial charge < -0.3 is 5.32 Å². The van der Waals surface area contributed by atoms with Gasteiger partial charge in [-0.15, -0.1) is 11.3 Å². The van der Waals surface area contributed by atoms with Gasteiger partial charge in [-0.2, -0.15) is 0 Å². The van der Waals surface area contributed by atoms with E-state index in [9.17, 15) is 0 Å². The van der Waals surface area contributed by atoms with E-state index in [0.717, 1.165) is 18.8 Å². The van der Waals surface area contributed by atoms with Crippen LogP contribution >= 0.6 is 11.3 Å². The second-order valence-electron chi connectivity index (χ2n) is 3.90. The average molecular weight is 223 g/mol. The average Bonchev–Trinajstić information content (AvgIpc) is 2.78. The van der Waals surface area contributed by atoms with E-state index >= 15 is 0 Å². The number of nitrogens with one attached hydrogen (secondary N) is 1. The molecule has 0 bridgehead atoms. The number of thiazole rings is 1. The van der Waals surface area contributed by atoms with E-state index in [4.69, 9.17) is 0 Å². The molecule has 0 aliphatic carbocycles. The van der Waals surface area contributed by atoms with E-state index in [2.05, 4.69) is 15.3 Å². The molecular formula is C11H17N3S. The Kier molecular flexibility index (Phi) is 3.49. The van der Waals surface area contributed by atoms with Crippen LogP contribution in [0.25, 0.3) is 0 Å². The van der Waals surface area contributed by atoms with Gasteiger partial charge in [0.25, 0.3) is 0 Å². The van der Waals surface area contributed by atoms with E-state index in [0.29, 0.717) is 5.92 Å². The molecule has 0 amide bonds. The van der Waals surface area contributed by atoms with E-state index < -0.39 is 0 Å². The van der Waals surface area contributed by atoms with Crippen LogP contribution in [-0.2, 0) is 0 Å². The first-order valence-corrected chi connectivity index (χ1v) is 6.23. The number of hydrogen-bond donors (Lipinski definition) is 1. The Morgan fingerprint density at radius 2 is 2.27 bits per heavy atom. The predicted octanol–water partition coefficient (Wildman–Crippen LogP) is 2.05. The molecule has 0 spiro atoms. The van der Waals surface area contributed by atoms with Crippen molar-refractivity contribution in [1.82, 2.24) is 10.3 Å². The smallest absolute Gasteiger partial charge is 0.0963 e. The van der Waals surface area contributed by atoms with E-state index in [1.807, 2.05) is 20.2 Å². The molecule has 0 unspecified atom stereocenters. The highest BCUT2D eigenvalue weighted by Crippen LogP contribution is 2.28. The van der Waals surface area contributed by atoms with Gasteiger partial charge in [0.1, 0.15) is 0 Å². The molecule has 1 saturated heterocycles. The van der Waals surface area contributed by atoms with Gasteiger partial charge in [0.15, 0.2) is 0 Å². The van der Waals surface area contributed by atoms with Crippen molar-refractivity contribution < 1.29 is 0 Å². The lowest BCUT2D eigenvalue weighted by molar-refractivity contribution is 0.459. The van der Waals surface area contributed by atoms with E-state index in [1.165, 1.54) is 22.7 Å². The summed E-state index contributed by atoms with van der Waals surface area (Å²) < 4.78 is 0. The van der Waals surface area contributed by atoms with Gasteiger partial charge in [0, 0.05) is 19.2 Å². The number of piperidine rings is 1. The maximum absolute atomic E-state index is 4.52. The van der Waals surface area contributed by atoms with Gasteiger partial charge in [-0.25, -0.2) is 4.98 Å². The number of aromatic nitrogens is 1. The monoisotopic (exact) mass is 223 g/mol. The first-order chi connectivity index (χ1) is 7.31. The van der Waals surface area contributed by atoms with Crippen LogP contribution in [0.3, 0.4) is 0 Å². The van der Waals surface area contributed by atoms with Crippen molar-refractivity contribution in [1.29, 1.82) is 0 Å². The van der Waals surface area contributed by atoms with Crippen LogP contribution in [0, 0.1) is 0 Å². The van der Waals surface area contributed by atoms with Gasteiger partial charge in [-0.1, -0.05) is 0 Å². The number of nitrogens with zero attached hydrogens (tertiary/aromatic N) is 2. The summed E-state index contributed by atoms with van der Waals surface area (Å²) in [5, 5.41) is 4.66. The van der Waals surface area contributed by atoms with Crippen LogP contribution < -0.4 is 5.32 Å². The Bertz CT molecular complexity index is 350. The molecule has 0 aromatic carbocycles. The summed E-state index contributed by atoms with van der Waals surface area (Å²) in [6.07, 6.45) is 4.40. The van der Waals surface area contributed by atoms with Gasteiger partial charge in [-0.05, 0) is 32.9 Å². The van der Waals surface area contributed by atoms with Crippen LogP contribution in [0.4, 0.5) is 0 Å². The summed E-state index contributed by atoms with van der Waals surface area (Å²) >= 11 is 1.80. The fourth-order valence-corrected chi connectivity index (χ4v) is 2.90. The van der Waals surface area contributed by atoms with Crippen LogP contribution in [0.2, 0.25) is 0 Å². The Hall–Kier alpha value is -0.740. The zero-order chi connectivity index (χ0) is 10.7. The highest BCUT2D eigenvalue weighted by molar-refractivity contribution is 7.13. The van der Waals surface area contributed by atoms with Gasteiger partial charge >= 0.3 is 0 Å². The maximum atomic E-state index is 4.52. The van der Waals surface area contributed by atoms with Crippen molar-refractivity contribution in [3.05, 3.63) is 16.1 Å². The molecule has 15 heavy (non-hydrogen) atoms. The molecule has 1 N–H and O–H groups in total. The first-order valence-electron chi connectivity index (χ1n) is 5.41. The maximum Gasteiger partial charge on any atom is 0.0963 e. The van der Waals surface area contributed by atoms with Crippen molar-refractivity contribution >= 4 is 17.0 Å². The molecule has 2 heterocycles. The summed E-state index contributed by atoms with van der Waals surface area (Å²) in [5.41, 5.74) is 1.09. The molecule has 1 aromatic heterocycles. The van der Waals surface area contributed by atoms with Crippen LogP contribution in [0.15, 0.2) is 11.2 Å². The minimum atomic E-state index is 0.662. The number of hydrogen-bond acceptors (Lipinski definition) is 4. The van der Waals surface area contributed by atoms with Gasteiger partial charge in [0.05, 0.1) is 15.6 Å². The summed E-state index contributed by atoms with van der Waals surface area (Å²) in [4.78, 5) is 9.92. The number of aliphatic imine (C=N–C) groups is 1. The second kappa shape index (κ2) is 4.86. The molecule has 2 rings (SSSR count). The lowest BCUT2D eigenvalue weighted by Gasteiger charge is -2.20. The molecule has 3 nitrogen and oxygen atoms in total. The highest BCUT2D eigenvalue weighted by atomic mass is 32.1. The van der Waals surface area contributed by atoms with Gasteiger partial charge in [-0.3, -0.25) is 4.99 Å². The molecule has 82 valence electrons. The molecule has 0 saturated carbocycles. The minimum Gasteiger partial charge on any atom is -0.317 e. The first kappa shape index (κ1) is 10.8. The standard InChI is InChI=1S/C11H17N3S/c1-8(12-2)10-7-14-11(15-10)9-3-5-13-6-4-9/h7,9,13H,3-6H2,1-2H3. The van der Waals surface area contributed by atoms with E-state index in [-0.39, 0.29) is 0 Å². The van der Waals surface area contributed by atoms with Crippen molar-refractivity contribution in [3.63, 3.8) is 0 Å². The third-order valence-electron chi connectivity index (χ3n) is 2.90. The quantitative estimate of drug-likeness (QED) is 0.779. The Balaban J connectivity index is 2.12. The van der Waals surface area contributed by atoms with Crippen molar-refractivity contribution in [2.75, 3.05) is 20.1 Å². The Morgan fingerprint density at radius 3 is 2.93 bits per heavy atom. The molecular weight excluding hydrogens is 206 g/mol. The molecule has 1 aliphatic heterocycles. The summed E-state index contributed by atoms with van der Waals surface area (Å²) in [5.74, 6) is 0.662. The molecule has 0 atom stereocenters. The van der Waals surface area contributed by atoms with Crippen LogP contribution in [0.1, 0.15) is 35.6 Å². The third kappa shape index (κ3) is 2.44.